The normalized spacial score (nSPS) is 10.7. The van der Waals surface area contributed by atoms with Gasteiger partial charge in [-0.1, -0.05) is 0 Å². The molecule has 1 amide bonds. The van der Waals surface area contributed by atoms with E-state index in [-0.39, 0.29) is 24.0 Å². The van der Waals surface area contributed by atoms with Crippen molar-refractivity contribution < 1.29 is 14.3 Å². The summed E-state index contributed by atoms with van der Waals surface area (Å²) < 4.78 is 13.7. The highest BCUT2D eigenvalue weighted by Crippen LogP contribution is 2.16. The number of nitrogens with two attached hydrogens (primary N) is 1. The molecule has 18 heavy (non-hydrogen) atoms. The number of rotatable bonds is 5. The maximum Gasteiger partial charge on any atom is 0.257 e. The first-order valence-corrected chi connectivity index (χ1v) is 5.80. The average Bonchev–Trinajstić information content (AvgIpc) is 2.32. The zero-order chi connectivity index (χ0) is 13.7. The minimum atomic E-state index is -0.794. The van der Waals surface area contributed by atoms with E-state index in [0.717, 1.165) is 0 Å². The molecule has 0 saturated carbocycles. The van der Waals surface area contributed by atoms with Crippen LogP contribution in [0.2, 0.25) is 0 Å². The third kappa shape index (κ3) is 3.16. The second-order valence-electron chi connectivity index (χ2n) is 4.23. The van der Waals surface area contributed by atoms with E-state index < -0.39 is 11.7 Å². The molecule has 1 aromatic rings. The third-order valence-corrected chi connectivity index (χ3v) is 2.59. The predicted octanol–water partition coefficient (Wildman–Crippen LogP) is 1.04. The number of nitrogens with zero attached hydrogens (tertiary/aromatic N) is 2. The van der Waals surface area contributed by atoms with E-state index in [0.29, 0.717) is 13.0 Å². The van der Waals surface area contributed by atoms with Gasteiger partial charge in [0.05, 0.1) is 5.56 Å². The Balaban J connectivity index is 2.98. The number of aromatic nitrogens is 1. The second-order valence-corrected chi connectivity index (χ2v) is 4.23. The van der Waals surface area contributed by atoms with Crippen molar-refractivity contribution in [2.45, 2.75) is 26.3 Å². The summed E-state index contributed by atoms with van der Waals surface area (Å²) in [5.74, 6) is -1.52. The topological polar surface area (TPSA) is 79.5 Å². The molecule has 0 bridgehead atoms. The van der Waals surface area contributed by atoms with Crippen LogP contribution < -0.4 is 5.73 Å². The highest BCUT2D eigenvalue weighted by molar-refractivity contribution is 5.95. The summed E-state index contributed by atoms with van der Waals surface area (Å²) in [6, 6.07) is 1.22. The van der Waals surface area contributed by atoms with E-state index in [9.17, 15) is 9.18 Å². The Bertz CT molecular complexity index is 424. The minimum Gasteiger partial charge on any atom is -0.396 e. The third-order valence-electron chi connectivity index (χ3n) is 2.59. The van der Waals surface area contributed by atoms with Crippen LogP contribution in [-0.4, -0.2) is 40.1 Å². The number of aliphatic hydroxyl groups is 1. The zero-order valence-electron chi connectivity index (χ0n) is 10.6. The van der Waals surface area contributed by atoms with Gasteiger partial charge < -0.3 is 15.7 Å². The van der Waals surface area contributed by atoms with Crippen LogP contribution in [0.25, 0.3) is 0 Å². The summed E-state index contributed by atoms with van der Waals surface area (Å²) in [5, 5.41) is 8.81. The van der Waals surface area contributed by atoms with Crippen molar-refractivity contribution >= 4 is 11.7 Å². The summed E-state index contributed by atoms with van der Waals surface area (Å²) in [6.45, 7) is 4.02. The monoisotopic (exact) mass is 255 g/mol. The quantitative estimate of drug-likeness (QED) is 0.823. The summed E-state index contributed by atoms with van der Waals surface area (Å²) >= 11 is 0. The molecule has 0 fully saturated rings. The fraction of sp³-hybridized carbons (Fsp3) is 0.500. The van der Waals surface area contributed by atoms with Gasteiger partial charge in [0.25, 0.3) is 5.91 Å². The van der Waals surface area contributed by atoms with E-state index >= 15 is 0 Å². The number of carbonyl (C=O) groups excluding carboxylic acids is 1. The highest BCUT2D eigenvalue weighted by Gasteiger charge is 2.22. The predicted molar refractivity (Wildman–Crippen MR) is 66.5 cm³/mol. The molecule has 0 spiro atoms. The smallest absolute Gasteiger partial charge is 0.257 e. The highest BCUT2D eigenvalue weighted by atomic mass is 19.1. The molecule has 100 valence electrons. The molecular formula is C12H18FN3O2. The van der Waals surface area contributed by atoms with Crippen molar-refractivity contribution in [3.05, 3.63) is 23.6 Å². The van der Waals surface area contributed by atoms with E-state index in [2.05, 4.69) is 4.98 Å². The van der Waals surface area contributed by atoms with Gasteiger partial charge >= 0.3 is 0 Å². The molecule has 1 aromatic heterocycles. The van der Waals surface area contributed by atoms with Gasteiger partial charge in [-0.05, 0) is 26.3 Å². The molecule has 3 N–H and O–H groups in total. The lowest BCUT2D eigenvalue weighted by atomic mass is 10.1. The van der Waals surface area contributed by atoms with Crippen molar-refractivity contribution in [1.82, 2.24) is 9.88 Å². The number of hydrogen-bond donors (Lipinski definition) is 2. The first-order chi connectivity index (χ1) is 8.49. The van der Waals surface area contributed by atoms with Crippen molar-refractivity contribution in [2.75, 3.05) is 18.9 Å². The molecule has 0 radical (unpaired) electrons. The van der Waals surface area contributed by atoms with Gasteiger partial charge in [0.1, 0.15) is 0 Å². The summed E-state index contributed by atoms with van der Waals surface area (Å²) in [6.07, 6.45) is 1.75. The second kappa shape index (κ2) is 6.30. The Morgan fingerprint density at radius 2 is 2.28 bits per heavy atom. The number of amides is 1. The van der Waals surface area contributed by atoms with Crippen LogP contribution in [-0.2, 0) is 0 Å². The molecule has 6 heteroatoms. The lowest BCUT2D eigenvalue weighted by Gasteiger charge is -2.26. The fourth-order valence-electron chi connectivity index (χ4n) is 1.62. The molecule has 0 unspecified atom stereocenters. The molecule has 1 heterocycles. The van der Waals surface area contributed by atoms with Gasteiger partial charge in [0, 0.05) is 25.4 Å². The molecule has 0 aliphatic heterocycles. The molecule has 0 saturated heterocycles. The van der Waals surface area contributed by atoms with Crippen LogP contribution in [0, 0.1) is 5.82 Å². The van der Waals surface area contributed by atoms with Crippen molar-refractivity contribution in [3.8, 4) is 0 Å². The van der Waals surface area contributed by atoms with Crippen molar-refractivity contribution in [2.24, 2.45) is 0 Å². The maximum atomic E-state index is 13.7. The lowest BCUT2D eigenvalue weighted by molar-refractivity contribution is 0.0688. The standard InChI is InChI=1S/C12H18FN3O2/c1-8(2)16(6-3-7-17)12(18)9-4-5-15-11(14)10(9)13/h4-5,8,17H,3,6-7H2,1-2H3,(H2,14,15). The first kappa shape index (κ1) is 14.4. The van der Waals surface area contributed by atoms with Crippen molar-refractivity contribution in [3.63, 3.8) is 0 Å². The Kier molecular flexibility index (Phi) is 5.03. The molecule has 1 rings (SSSR count). The van der Waals surface area contributed by atoms with Gasteiger partial charge in [0.2, 0.25) is 0 Å². The van der Waals surface area contributed by atoms with Crippen LogP contribution in [0.3, 0.4) is 0 Å². The number of aliphatic hydroxyl groups excluding tert-OH is 1. The summed E-state index contributed by atoms with van der Waals surface area (Å²) in [7, 11) is 0. The van der Waals surface area contributed by atoms with Gasteiger partial charge in [-0.25, -0.2) is 9.37 Å². The molecule has 0 aromatic carbocycles. The van der Waals surface area contributed by atoms with Crippen LogP contribution >= 0.6 is 0 Å². The van der Waals surface area contributed by atoms with E-state index in [4.69, 9.17) is 10.8 Å². The summed E-state index contributed by atoms with van der Waals surface area (Å²) in [4.78, 5) is 17.3. The van der Waals surface area contributed by atoms with Crippen LogP contribution in [0.4, 0.5) is 10.2 Å². The lowest BCUT2D eigenvalue weighted by Crippen LogP contribution is -2.38. The minimum absolute atomic E-state index is 0.0164. The number of hydrogen-bond acceptors (Lipinski definition) is 4. The fourth-order valence-corrected chi connectivity index (χ4v) is 1.62. The molecule has 0 aliphatic carbocycles. The average molecular weight is 255 g/mol. The number of halogens is 1. The molecule has 5 nitrogen and oxygen atoms in total. The molecular weight excluding hydrogens is 237 g/mol. The summed E-state index contributed by atoms with van der Waals surface area (Å²) in [5.41, 5.74) is 5.25. The number of anilines is 1. The number of pyridine rings is 1. The largest absolute Gasteiger partial charge is 0.396 e. The van der Waals surface area contributed by atoms with Gasteiger partial charge in [-0.3, -0.25) is 4.79 Å². The Hall–Kier alpha value is -1.69. The molecule has 0 aliphatic rings. The van der Waals surface area contributed by atoms with Crippen LogP contribution in [0.15, 0.2) is 12.3 Å². The van der Waals surface area contributed by atoms with Crippen molar-refractivity contribution in [1.29, 1.82) is 0 Å². The van der Waals surface area contributed by atoms with E-state index in [1.807, 2.05) is 13.8 Å². The van der Waals surface area contributed by atoms with Gasteiger partial charge in [-0.2, -0.15) is 0 Å². The Morgan fingerprint density at radius 1 is 1.61 bits per heavy atom. The maximum absolute atomic E-state index is 13.7. The van der Waals surface area contributed by atoms with E-state index in [1.165, 1.54) is 17.2 Å². The SMILES string of the molecule is CC(C)N(CCCO)C(=O)c1ccnc(N)c1F. The number of carbonyl (C=O) groups is 1. The Morgan fingerprint density at radius 3 is 2.83 bits per heavy atom. The van der Waals surface area contributed by atoms with Crippen LogP contribution in [0.5, 0.6) is 0 Å². The van der Waals surface area contributed by atoms with Gasteiger partial charge in [-0.15, -0.1) is 0 Å². The van der Waals surface area contributed by atoms with E-state index in [1.54, 1.807) is 0 Å². The van der Waals surface area contributed by atoms with Crippen LogP contribution in [0.1, 0.15) is 30.6 Å². The Labute approximate surface area is 105 Å². The number of nitrogen functional groups attached to an aromatic ring is 1. The van der Waals surface area contributed by atoms with Gasteiger partial charge in [0.15, 0.2) is 11.6 Å². The first-order valence-electron chi connectivity index (χ1n) is 5.80. The zero-order valence-corrected chi connectivity index (χ0v) is 10.6. The molecule has 0 atom stereocenters.